The van der Waals surface area contributed by atoms with Gasteiger partial charge in [0.15, 0.2) is 5.78 Å². The Balaban J connectivity index is 2.03. The number of allylic oxidation sites excluding steroid dienone is 2. The van der Waals surface area contributed by atoms with Crippen LogP contribution in [-0.2, 0) is 4.79 Å². The van der Waals surface area contributed by atoms with Crippen LogP contribution in [-0.4, -0.2) is 19.4 Å². The normalized spacial score (nSPS) is 40.7. The van der Waals surface area contributed by atoms with Gasteiger partial charge in [-0.05, 0) is 80.7 Å². The summed E-state index contributed by atoms with van der Waals surface area (Å²) in [5.41, 5.74) is 1.99. The van der Waals surface area contributed by atoms with Gasteiger partial charge in [0.2, 0.25) is 0 Å². The minimum Gasteiger partial charge on any atom is -0.319 e. The lowest BCUT2D eigenvalue weighted by atomic mass is 9.42. The Kier molecular flexibility index (Phi) is 5.23. The highest BCUT2D eigenvalue weighted by Crippen LogP contribution is 2.66. The Morgan fingerprint density at radius 3 is 2.56 bits per heavy atom. The second-order valence-corrected chi connectivity index (χ2v) is 10.1. The first-order valence-corrected chi connectivity index (χ1v) is 10.7. The maximum Gasteiger partial charge on any atom is 0.163 e. The van der Waals surface area contributed by atoms with Crippen LogP contribution in [0.15, 0.2) is 11.6 Å². The van der Waals surface area contributed by atoms with Gasteiger partial charge in [0, 0.05) is 12.0 Å². The lowest BCUT2D eigenvalue weighted by Crippen LogP contribution is -2.59. The van der Waals surface area contributed by atoms with Gasteiger partial charge in [0.1, 0.15) is 0 Å². The average molecular weight is 346 g/mol. The fourth-order valence-corrected chi connectivity index (χ4v) is 7.28. The summed E-state index contributed by atoms with van der Waals surface area (Å²) in [6.45, 7) is 10.6. The molecule has 0 saturated heterocycles. The highest BCUT2D eigenvalue weighted by atomic mass is 16.1. The molecule has 4 atom stereocenters. The molecule has 0 aromatic carbocycles. The summed E-state index contributed by atoms with van der Waals surface area (Å²) in [5.74, 6) is 1.74. The van der Waals surface area contributed by atoms with Crippen molar-refractivity contribution in [3.63, 3.8) is 0 Å². The predicted octanol–water partition coefficient (Wildman–Crippen LogP) is 5.52. The van der Waals surface area contributed by atoms with Crippen molar-refractivity contribution < 1.29 is 4.79 Å². The minimum atomic E-state index is -0.164. The highest BCUT2D eigenvalue weighted by molar-refractivity contribution is 5.96. The van der Waals surface area contributed by atoms with Crippen LogP contribution in [0.25, 0.3) is 0 Å². The fourth-order valence-electron chi connectivity index (χ4n) is 7.28. The van der Waals surface area contributed by atoms with Crippen molar-refractivity contribution in [2.75, 3.05) is 13.6 Å². The second kappa shape index (κ2) is 6.83. The van der Waals surface area contributed by atoms with Gasteiger partial charge in [0.05, 0.1) is 0 Å². The van der Waals surface area contributed by atoms with Crippen molar-refractivity contribution in [3.8, 4) is 0 Å². The van der Waals surface area contributed by atoms with Crippen molar-refractivity contribution in [3.05, 3.63) is 11.6 Å². The van der Waals surface area contributed by atoms with Gasteiger partial charge < -0.3 is 5.32 Å². The average Bonchev–Trinajstić information content (AvgIpc) is 2.66. The summed E-state index contributed by atoms with van der Waals surface area (Å²) < 4.78 is 0. The fraction of sp³-hybridized carbons (Fsp3) is 0.870. The van der Waals surface area contributed by atoms with Gasteiger partial charge in [-0.2, -0.15) is 0 Å². The molecule has 3 aliphatic rings. The number of rotatable bonds is 4. The number of ketones is 1. The van der Waals surface area contributed by atoms with Crippen LogP contribution >= 0.6 is 0 Å². The molecule has 2 fully saturated rings. The van der Waals surface area contributed by atoms with E-state index in [0.717, 1.165) is 38.1 Å². The third-order valence-corrected chi connectivity index (χ3v) is 8.26. The Bertz CT molecular complexity index is 548. The van der Waals surface area contributed by atoms with Crippen molar-refractivity contribution in [1.82, 2.24) is 5.32 Å². The smallest absolute Gasteiger partial charge is 0.163 e. The van der Waals surface area contributed by atoms with E-state index in [2.05, 4.69) is 39.1 Å². The molecule has 0 heterocycles. The number of nitrogens with one attached hydrogen (secondary N) is 1. The van der Waals surface area contributed by atoms with Gasteiger partial charge in [-0.1, -0.05) is 46.1 Å². The summed E-state index contributed by atoms with van der Waals surface area (Å²) in [5, 5.41) is 3.42. The van der Waals surface area contributed by atoms with Crippen molar-refractivity contribution in [2.24, 2.45) is 28.1 Å². The molecule has 3 rings (SSSR count). The molecule has 4 unspecified atom stereocenters. The van der Waals surface area contributed by atoms with Crippen LogP contribution in [0.5, 0.6) is 0 Å². The van der Waals surface area contributed by atoms with Crippen molar-refractivity contribution in [2.45, 2.75) is 85.5 Å². The summed E-state index contributed by atoms with van der Waals surface area (Å²) >= 11 is 0. The van der Waals surface area contributed by atoms with Crippen molar-refractivity contribution >= 4 is 5.78 Å². The minimum absolute atomic E-state index is 0.164. The Labute approximate surface area is 155 Å². The molecule has 0 aliphatic heterocycles. The first-order valence-electron chi connectivity index (χ1n) is 10.7. The van der Waals surface area contributed by atoms with E-state index in [1.54, 1.807) is 0 Å². The topological polar surface area (TPSA) is 29.1 Å². The van der Waals surface area contributed by atoms with E-state index >= 15 is 0 Å². The van der Waals surface area contributed by atoms with Crippen LogP contribution in [0.2, 0.25) is 0 Å². The molecule has 0 aromatic heterocycles. The van der Waals surface area contributed by atoms with E-state index in [0.29, 0.717) is 22.5 Å². The number of carbonyl (C=O) groups excluding carboxylic acids is 1. The number of carbonyl (C=O) groups is 1. The van der Waals surface area contributed by atoms with Gasteiger partial charge in [-0.15, -0.1) is 0 Å². The summed E-state index contributed by atoms with van der Waals surface area (Å²) in [6, 6.07) is 0. The SMILES string of the molecule is CCCC1=CC(=O)C2(CNC)CCC3C(C)(C)CCCC3(C)C2CC1. The molecule has 0 aromatic rings. The van der Waals surface area contributed by atoms with E-state index in [1.807, 2.05) is 7.05 Å². The van der Waals surface area contributed by atoms with Crippen LogP contribution in [0.1, 0.15) is 85.5 Å². The van der Waals surface area contributed by atoms with Gasteiger partial charge in [0.25, 0.3) is 0 Å². The van der Waals surface area contributed by atoms with Crippen molar-refractivity contribution in [1.29, 1.82) is 0 Å². The Morgan fingerprint density at radius 2 is 1.88 bits per heavy atom. The zero-order valence-corrected chi connectivity index (χ0v) is 17.2. The van der Waals surface area contributed by atoms with E-state index in [-0.39, 0.29) is 5.41 Å². The molecule has 0 amide bonds. The molecule has 2 heteroatoms. The zero-order valence-electron chi connectivity index (χ0n) is 17.2. The maximum atomic E-state index is 13.5. The monoisotopic (exact) mass is 345 g/mol. The molecular weight excluding hydrogens is 306 g/mol. The lowest BCUT2D eigenvalue weighted by Gasteiger charge is -2.62. The summed E-state index contributed by atoms with van der Waals surface area (Å²) in [7, 11) is 2.03. The van der Waals surface area contributed by atoms with Crippen LogP contribution in [0, 0.1) is 28.1 Å². The molecular formula is C23H39NO. The van der Waals surface area contributed by atoms with Crippen LogP contribution in [0.4, 0.5) is 0 Å². The van der Waals surface area contributed by atoms with Gasteiger partial charge in [-0.25, -0.2) is 0 Å². The summed E-state index contributed by atoms with van der Waals surface area (Å²) in [6.07, 6.45) is 13.0. The molecule has 0 spiro atoms. The zero-order chi connectivity index (χ0) is 18.3. The van der Waals surface area contributed by atoms with Crippen LogP contribution in [0.3, 0.4) is 0 Å². The quantitative estimate of drug-likeness (QED) is 0.726. The van der Waals surface area contributed by atoms with Gasteiger partial charge in [-0.3, -0.25) is 4.79 Å². The third-order valence-electron chi connectivity index (χ3n) is 8.26. The molecule has 2 saturated carbocycles. The molecule has 142 valence electrons. The molecule has 3 aliphatic carbocycles. The Hall–Kier alpha value is -0.630. The summed E-state index contributed by atoms with van der Waals surface area (Å²) in [4.78, 5) is 13.5. The van der Waals surface area contributed by atoms with Crippen LogP contribution < -0.4 is 5.32 Å². The lowest BCUT2D eigenvalue weighted by molar-refractivity contribution is -0.156. The number of hydrogen-bond acceptors (Lipinski definition) is 2. The number of hydrogen-bond donors (Lipinski definition) is 1. The largest absolute Gasteiger partial charge is 0.319 e. The molecule has 25 heavy (non-hydrogen) atoms. The van der Waals surface area contributed by atoms with E-state index in [9.17, 15) is 4.79 Å². The standard InChI is InChI=1S/C23H39NO/c1-6-8-17-9-10-19-22(4)13-7-12-21(2,3)18(22)11-14-23(19,16-24-5)20(25)15-17/h15,18-19,24H,6-14,16H2,1-5H3. The Morgan fingerprint density at radius 1 is 1.12 bits per heavy atom. The molecule has 0 radical (unpaired) electrons. The first kappa shape index (κ1) is 19.1. The molecule has 1 N–H and O–H groups in total. The highest BCUT2D eigenvalue weighted by Gasteiger charge is 2.61. The first-order chi connectivity index (χ1) is 11.8. The van der Waals surface area contributed by atoms with E-state index < -0.39 is 0 Å². The second-order valence-electron chi connectivity index (χ2n) is 10.1. The predicted molar refractivity (Wildman–Crippen MR) is 106 cm³/mol. The maximum absolute atomic E-state index is 13.5. The van der Waals surface area contributed by atoms with Gasteiger partial charge >= 0.3 is 0 Å². The van der Waals surface area contributed by atoms with E-state index in [1.165, 1.54) is 37.7 Å². The third kappa shape index (κ3) is 3.03. The molecule has 2 nitrogen and oxygen atoms in total. The number of fused-ring (bicyclic) bond motifs is 3. The molecule has 0 bridgehead atoms. The van der Waals surface area contributed by atoms with E-state index in [4.69, 9.17) is 0 Å².